The molecule has 4 nitrogen and oxygen atoms in total. The highest BCUT2D eigenvalue weighted by atomic mass is 16.5. The maximum Gasteiger partial charge on any atom is 0.0620 e. The summed E-state index contributed by atoms with van der Waals surface area (Å²) in [5.74, 6) is 0. The Labute approximate surface area is 111 Å². The van der Waals surface area contributed by atoms with E-state index in [1.807, 2.05) is 7.11 Å². The SMILES string of the molecule is COCC1(CNC(C)CC2COCCN2)CCC1. The normalized spacial score (nSPS) is 28.7. The molecule has 2 aliphatic rings. The molecule has 2 rings (SSSR count). The summed E-state index contributed by atoms with van der Waals surface area (Å²) in [5, 5.41) is 7.19. The van der Waals surface area contributed by atoms with Gasteiger partial charge in [-0.2, -0.15) is 0 Å². The number of methoxy groups -OCH3 is 1. The number of ether oxygens (including phenoxy) is 2. The highest BCUT2D eigenvalue weighted by Crippen LogP contribution is 2.40. The van der Waals surface area contributed by atoms with Gasteiger partial charge in [-0.1, -0.05) is 6.42 Å². The predicted octanol–water partition coefficient (Wildman–Crippen LogP) is 1.16. The van der Waals surface area contributed by atoms with E-state index < -0.39 is 0 Å². The second-order valence-electron chi connectivity index (χ2n) is 6.03. The average molecular weight is 256 g/mol. The Morgan fingerprint density at radius 3 is 2.89 bits per heavy atom. The van der Waals surface area contributed by atoms with Crippen LogP contribution < -0.4 is 10.6 Å². The maximum absolute atomic E-state index is 5.49. The second-order valence-corrected chi connectivity index (χ2v) is 6.03. The molecule has 0 aromatic heterocycles. The first kappa shape index (κ1) is 14.3. The smallest absolute Gasteiger partial charge is 0.0620 e. The zero-order valence-corrected chi connectivity index (χ0v) is 11.8. The molecular weight excluding hydrogens is 228 g/mol. The Kier molecular flexibility index (Phi) is 5.42. The molecule has 0 amide bonds. The largest absolute Gasteiger partial charge is 0.384 e. The van der Waals surface area contributed by atoms with Gasteiger partial charge in [-0.15, -0.1) is 0 Å². The molecule has 1 saturated heterocycles. The summed E-state index contributed by atoms with van der Waals surface area (Å²) >= 11 is 0. The van der Waals surface area contributed by atoms with Crippen LogP contribution in [-0.2, 0) is 9.47 Å². The summed E-state index contributed by atoms with van der Waals surface area (Å²) in [7, 11) is 1.81. The molecule has 4 heteroatoms. The van der Waals surface area contributed by atoms with E-state index in [2.05, 4.69) is 17.6 Å². The lowest BCUT2D eigenvalue weighted by Gasteiger charge is -2.42. The molecule has 0 radical (unpaired) electrons. The Morgan fingerprint density at radius 1 is 1.50 bits per heavy atom. The van der Waals surface area contributed by atoms with Crippen LogP contribution in [0.15, 0.2) is 0 Å². The van der Waals surface area contributed by atoms with Crippen molar-refractivity contribution in [3.8, 4) is 0 Å². The molecule has 2 fully saturated rings. The zero-order valence-electron chi connectivity index (χ0n) is 11.8. The van der Waals surface area contributed by atoms with Gasteiger partial charge in [-0.3, -0.25) is 0 Å². The van der Waals surface area contributed by atoms with E-state index >= 15 is 0 Å². The lowest BCUT2D eigenvalue weighted by Crippen LogP contribution is -2.49. The van der Waals surface area contributed by atoms with Crippen molar-refractivity contribution in [3.05, 3.63) is 0 Å². The van der Waals surface area contributed by atoms with E-state index in [0.717, 1.165) is 39.3 Å². The van der Waals surface area contributed by atoms with Gasteiger partial charge in [0.25, 0.3) is 0 Å². The fourth-order valence-corrected chi connectivity index (χ4v) is 3.03. The summed E-state index contributed by atoms with van der Waals surface area (Å²) in [6, 6.07) is 1.06. The molecule has 0 bridgehead atoms. The van der Waals surface area contributed by atoms with Crippen molar-refractivity contribution in [1.82, 2.24) is 10.6 Å². The van der Waals surface area contributed by atoms with Crippen LogP contribution in [0.25, 0.3) is 0 Å². The van der Waals surface area contributed by atoms with Gasteiger partial charge in [0.1, 0.15) is 0 Å². The second kappa shape index (κ2) is 6.85. The minimum Gasteiger partial charge on any atom is -0.384 e. The molecular formula is C14H28N2O2. The van der Waals surface area contributed by atoms with Gasteiger partial charge in [0.05, 0.1) is 19.8 Å². The number of nitrogens with one attached hydrogen (secondary N) is 2. The standard InChI is InChI=1S/C14H28N2O2/c1-12(8-13-9-18-7-6-15-13)16-10-14(11-17-2)4-3-5-14/h12-13,15-16H,3-11H2,1-2H3. The molecule has 1 heterocycles. The highest BCUT2D eigenvalue weighted by Gasteiger charge is 2.36. The molecule has 106 valence electrons. The molecule has 18 heavy (non-hydrogen) atoms. The van der Waals surface area contributed by atoms with Crippen LogP contribution in [0.2, 0.25) is 0 Å². The number of rotatable bonds is 7. The van der Waals surface area contributed by atoms with Crippen LogP contribution >= 0.6 is 0 Å². The minimum absolute atomic E-state index is 0.416. The fraction of sp³-hybridized carbons (Fsp3) is 1.00. The monoisotopic (exact) mass is 256 g/mol. The topological polar surface area (TPSA) is 42.5 Å². The van der Waals surface area contributed by atoms with E-state index in [1.165, 1.54) is 19.3 Å². The Balaban J connectivity index is 1.65. The summed E-state index contributed by atoms with van der Waals surface area (Å²) in [4.78, 5) is 0. The molecule has 1 saturated carbocycles. The molecule has 1 aliphatic carbocycles. The Morgan fingerprint density at radius 2 is 2.33 bits per heavy atom. The summed E-state index contributed by atoms with van der Waals surface area (Å²) in [5.41, 5.74) is 0.416. The zero-order chi connectivity index (χ0) is 12.8. The molecule has 2 unspecified atom stereocenters. The number of hydrogen-bond donors (Lipinski definition) is 2. The van der Waals surface area contributed by atoms with Gasteiger partial charge < -0.3 is 20.1 Å². The van der Waals surface area contributed by atoms with Crippen LogP contribution in [0.3, 0.4) is 0 Å². The molecule has 0 aromatic rings. The van der Waals surface area contributed by atoms with Crippen LogP contribution in [-0.4, -0.2) is 52.1 Å². The van der Waals surface area contributed by atoms with Crippen molar-refractivity contribution >= 4 is 0 Å². The lowest BCUT2D eigenvalue weighted by atomic mass is 9.69. The molecule has 2 N–H and O–H groups in total. The Hall–Kier alpha value is -0.160. The minimum atomic E-state index is 0.416. The first-order valence-corrected chi connectivity index (χ1v) is 7.28. The fourth-order valence-electron chi connectivity index (χ4n) is 3.03. The highest BCUT2D eigenvalue weighted by molar-refractivity contribution is 4.90. The Bertz CT molecular complexity index is 238. The van der Waals surface area contributed by atoms with Gasteiger partial charge in [-0.25, -0.2) is 0 Å². The van der Waals surface area contributed by atoms with Crippen molar-refractivity contribution < 1.29 is 9.47 Å². The summed E-state index contributed by atoms with van der Waals surface area (Å²) < 4.78 is 10.8. The molecule has 1 aliphatic heterocycles. The van der Waals surface area contributed by atoms with Crippen molar-refractivity contribution in [3.63, 3.8) is 0 Å². The molecule has 0 aromatic carbocycles. The van der Waals surface area contributed by atoms with Gasteiger partial charge in [0, 0.05) is 37.7 Å². The average Bonchev–Trinajstić information content (AvgIpc) is 2.34. The molecule has 2 atom stereocenters. The van der Waals surface area contributed by atoms with Crippen molar-refractivity contribution in [2.75, 3.05) is 40.0 Å². The van der Waals surface area contributed by atoms with E-state index in [4.69, 9.17) is 9.47 Å². The van der Waals surface area contributed by atoms with Crippen LogP contribution in [0.4, 0.5) is 0 Å². The summed E-state index contributed by atoms with van der Waals surface area (Å²) in [6.45, 7) is 6.97. The third-order valence-electron chi connectivity index (χ3n) is 4.33. The van der Waals surface area contributed by atoms with E-state index in [0.29, 0.717) is 17.5 Å². The van der Waals surface area contributed by atoms with Crippen molar-refractivity contribution in [1.29, 1.82) is 0 Å². The van der Waals surface area contributed by atoms with Gasteiger partial charge >= 0.3 is 0 Å². The third kappa shape index (κ3) is 3.92. The maximum atomic E-state index is 5.49. The van der Waals surface area contributed by atoms with Gasteiger partial charge in [-0.05, 0) is 26.2 Å². The van der Waals surface area contributed by atoms with Gasteiger partial charge in [0.15, 0.2) is 0 Å². The van der Waals surface area contributed by atoms with Gasteiger partial charge in [0.2, 0.25) is 0 Å². The third-order valence-corrected chi connectivity index (χ3v) is 4.33. The van der Waals surface area contributed by atoms with Crippen LogP contribution in [0.1, 0.15) is 32.6 Å². The van der Waals surface area contributed by atoms with Crippen LogP contribution in [0.5, 0.6) is 0 Å². The van der Waals surface area contributed by atoms with Crippen molar-refractivity contribution in [2.24, 2.45) is 5.41 Å². The number of morpholine rings is 1. The van der Waals surface area contributed by atoms with E-state index in [1.54, 1.807) is 0 Å². The first-order chi connectivity index (χ1) is 8.74. The van der Waals surface area contributed by atoms with Crippen molar-refractivity contribution in [2.45, 2.75) is 44.7 Å². The van der Waals surface area contributed by atoms with E-state index in [9.17, 15) is 0 Å². The summed E-state index contributed by atoms with van der Waals surface area (Å²) in [6.07, 6.45) is 5.12. The van der Waals surface area contributed by atoms with Crippen LogP contribution in [0, 0.1) is 5.41 Å². The molecule has 0 spiro atoms. The number of hydrogen-bond acceptors (Lipinski definition) is 4. The predicted molar refractivity (Wildman–Crippen MR) is 72.9 cm³/mol. The quantitative estimate of drug-likeness (QED) is 0.717. The lowest BCUT2D eigenvalue weighted by molar-refractivity contribution is 0.0149. The van der Waals surface area contributed by atoms with E-state index in [-0.39, 0.29) is 0 Å². The first-order valence-electron chi connectivity index (χ1n) is 7.28.